The van der Waals surface area contributed by atoms with Crippen LogP contribution >= 0.6 is 24.0 Å². The van der Waals surface area contributed by atoms with E-state index in [0.29, 0.717) is 6.54 Å². The van der Waals surface area contributed by atoms with Crippen molar-refractivity contribution in [2.75, 3.05) is 31.1 Å². The van der Waals surface area contributed by atoms with Crippen LogP contribution in [-0.2, 0) is 6.54 Å². The summed E-state index contributed by atoms with van der Waals surface area (Å²) in [6.45, 7) is 9.06. The summed E-state index contributed by atoms with van der Waals surface area (Å²) in [5.74, 6) is 1.98. The fraction of sp³-hybridized carbons (Fsp3) is 0.647. The third-order valence-corrected chi connectivity index (χ3v) is 3.83. The molecule has 130 valence electrons. The van der Waals surface area contributed by atoms with E-state index in [9.17, 15) is 0 Å². The van der Waals surface area contributed by atoms with Gasteiger partial charge in [0.1, 0.15) is 5.82 Å². The van der Waals surface area contributed by atoms with Crippen LogP contribution in [0, 0.1) is 0 Å². The van der Waals surface area contributed by atoms with Gasteiger partial charge in [-0.15, -0.1) is 24.0 Å². The van der Waals surface area contributed by atoms with Crippen molar-refractivity contribution in [1.82, 2.24) is 15.6 Å². The van der Waals surface area contributed by atoms with Gasteiger partial charge in [-0.1, -0.05) is 19.4 Å². The molecule has 0 atom stereocenters. The number of unbranched alkanes of at least 4 members (excludes halogenated alkanes) is 1. The Morgan fingerprint density at radius 3 is 2.61 bits per heavy atom. The van der Waals surface area contributed by atoms with Gasteiger partial charge in [0.05, 0.1) is 6.54 Å². The molecule has 1 aromatic heterocycles. The highest BCUT2D eigenvalue weighted by Gasteiger charge is 2.12. The number of nitrogens with zero attached hydrogens (tertiary/aromatic N) is 3. The van der Waals surface area contributed by atoms with Gasteiger partial charge in [0.25, 0.3) is 0 Å². The lowest BCUT2D eigenvalue weighted by Crippen LogP contribution is -2.37. The zero-order valence-corrected chi connectivity index (χ0v) is 16.7. The highest BCUT2D eigenvalue weighted by atomic mass is 127. The normalized spacial score (nSPS) is 14.5. The highest BCUT2D eigenvalue weighted by molar-refractivity contribution is 14.0. The summed E-state index contributed by atoms with van der Waals surface area (Å²) in [4.78, 5) is 11.6. The zero-order chi connectivity index (χ0) is 15.6. The average molecular weight is 431 g/mol. The molecule has 0 amide bonds. The fourth-order valence-corrected chi connectivity index (χ4v) is 2.54. The fourth-order valence-electron chi connectivity index (χ4n) is 2.54. The van der Waals surface area contributed by atoms with Crippen LogP contribution in [0.1, 0.15) is 45.1 Å². The predicted molar refractivity (Wildman–Crippen MR) is 109 cm³/mol. The summed E-state index contributed by atoms with van der Waals surface area (Å²) in [6.07, 6.45) is 6.87. The third kappa shape index (κ3) is 6.93. The minimum Gasteiger partial charge on any atom is -0.357 e. The molecule has 0 radical (unpaired) electrons. The smallest absolute Gasteiger partial charge is 0.191 e. The van der Waals surface area contributed by atoms with E-state index in [0.717, 1.165) is 49.9 Å². The van der Waals surface area contributed by atoms with Crippen LogP contribution in [0.3, 0.4) is 0 Å². The average Bonchev–Trinajstić information content (AvgIpc) is 3.08. The Morgan fingerprint density at radius 2 is 2.00 bits per heavy atom. The van der Waals surface area contributed by atoms with Crippen LogP contribution < -0.4 is 15.5 Å². The van der Waals surface area contributed by atoms with Gasteiger partial charge in [0, 0.05) is 32.4 Å². The molecule has 2 N–H and O–H groups in total. The topological polar surface area (TPSA) is 52.6 Å². The maximum atomic E-state index is 4.62. The standard InChI is InChI=1S/C17H29N5.HI/c1-3-5-10-19-17(18-4-2)21-14-15-8-9-16(20-13-15)22-11-6-7-12-22;/h8-9,13H,3-7,10-12,14H2,1-2H3,(H2,18,19,21);1H. The largest absolute Gasteiger partial charge is 0.357 e. The molecule has 1 aliphatic heterocycles. The van der Waals surface area contributed by atoms with Gasteiger partial charge in [-0.2, -0.15) is 0 Å². The lowest BCUT2D eigenvalue weighted by molar-refractivity contribution is 0.730. The van der Waals surface area contributed by atoms with Crippen LogP contribution in [-0.4, -0.2) is 37.1 Å². The quantitative estimate of drug-likeness (QED) is 0.302. The van der Waals surface area contributed by atoms with Crippen molar-refractivity contribution < 1.29 is 0 Å². The van der Waals surface area contributed by atoms with E-state index >= 15 is 0 Å². The van der Waals surface area contributed by atoms with Gasteiger partial charge in [-0.3, -0.25) is 0 Å². The van der Waals surface area contributed by atoms with Gasteiger partial charge >= 0.3 is 0 Å². The summed E-state index contributed by atoms with van der Waals surface area (Å²) in [5, 5.41) is 6.64. The summed E-state index contributed by atoms with van der Waals surface area (Å²) >= 11 is 0. The molecule has 2 heterocycles. The second-order valence-corrected chi connectivity index (χ2v) is 5.69. The van der Waals surface area contributed by atoms with Gasteiger partial charge in [-0.25, -0.2) is 9.98 Å². The van der Waals surface area contributed by atoms with E-state index in [1.165, 1.54) is 19.3 Å². The molecule has 0 aliphatic carbocycles. The molecule has 5 nitrogen and oxygen atoms in total. The summed E-state index contributed by atoms with van der Waals surface area (Å²) in [5.41, 5.74) is 1.15. The van der Waals surface area contributed by atoms with Crippen LogP contribution in [0.2, 0.25) is 0 Å². The molecule has 6 heteroatoms. The van der Waals surface area contributed by atoms with Crippen molar-refractivity contribution in [3.63, 3.8) is 0 Å². The van der Waals surface area contributed by atoms with Crippen LogP contribution in [0.5, 0.6) is 0 Å². The van der Waals surface area contributed by atoms with Gasteiger partial charge in [0.15, 0.2) is 5.96 Å². The molecule has 1 aromatic rings. The molecule has 0 aromatic carbocycles. The first-order chi connectivity index (χ1) is 10.8. The van der Waals surface area contributed by atoms with Crippen molar-refractivity contribution in [2.45, 2.75) is 46.1 Å². The molecular formula is C17H30IN5. The summed E-state index contributed by atoms with van der Waals surface area (Å²) in [7, 11) is 0. The number of aliphatic imine (C=N–C) groups is 1. The molecule has 0 spiro atoms. The number of pyridine rings is 1. The lowest BCUT2D eigenvalue weighted by Gasteiger charge is -2.16. The van der Waals surface area contributed by atoms with E-state index in [4.69, 9.17) is 0 Å². The van der Waals surface area contributed by atoms with Crippen LogP contribution in [0.25, 0.3) is 0 Å². The Balaban J connectivity index is 0.00000264. The number of hydrogen-bond donors (Lipinski definition) is 2. The lowest BCUT2D eigenvalue weighted by atomic mass is 10.3. The van der Waals surface area contributed by atoms with Gasteiger partial charge in [-0.05, 0) is 37.8 Å². The van der Waals surface area contributed by atoms with Gasteiger partial charge in [0.2, 0.25) is 0 Å². The Bertz CT molecular complexity index is 455. The van der Waals surface area contributed by atoms with Crippen molar-refractivity contribution in [1.29, 1.82) is 0 Å². The van der Waals surface area contributed by atoms with E-state index in [-0.39, 0.29) is 24.0 Å². The Morgan fingerprint density at radius 1 is 1.22 bits per heavy atom. The molecular weight excluding hydrogens is 401 g/mol. The molecule has 1 saturated heterocycles. The number of guanidine groups is 1. The molecule has 0 unspecified atom stereocenters. The maximum Gasteiger partial charge on any atom is 0.191 e. The minimum atomic E-state index is 0. The molecule has 1 fully saturated rings. The molecule has 0 bridgehead atoms. The SMILES string of the molecule is CCCCNC(=NCc1ccc(N2CCCC2)nc1)NCC.I. The number of halogens is 1. The minimum absolute atomic E-state index is 0. The first kappa shape index (κ1) is 20.0. The summed E-state index contributed by atoms with van der Waals surface area (Å²) in [6, 6.07) is 4.26. The van der Waals surface area contributed by atoms with Crippen LogP contribution in [0.4, 0.5) is 5.82 Å². The Kier molecular flexibility index (Phi) is 9.98. The van der Waals surface area contributed by atoms with Gasteiger partial charge < -0.3 is 15.5 Å². The number of nitrogens with one attached hydrogen (secondary N) is 2. The molecule has 2 rings (SSSR count). The molecule has 1 aliphatic rings. The predicted octanol–water partition coefficient (Wildman–Crippen LogP) is 3.16. The molecule has 23 heavy (non-hydrogen) atoms. The van der Waals surface area contributed by atoms with Crippen molar-refractivity contribution in [3.05, 3.63) is 23.9 Å². The number of anilines is 1. The summed E-state index contributed by atoms with van der Waals surface area (Å²) < 4.78 is 0. The zero-order valence-electron chi connectivity index (χ0n) is 14.3. The number of hydrogen-bond acceptors (Lipinski definition) is 3. The number of rotatable bonds is 7. The van der Waals surface area contributed by atoms with E-state index in [2.05, 4.69) is 51.5 Å². The van der Waals surface area contributed by atoms with E-state index in [1.807, 2.05) is 6.20 Å². The highest BCUT2D eigenvalue weighted by Crippen LogP contribution is 2.17. The van der Waals surface area contributed by atoms with E-state index in [1.54, 1.807) is 0 Å². The maximum absolute atomic E-state index is 4.62. The second kappa shape index (κ2) is 11.5. The number of aromatic nitrogens is 1. The van der Waals surface area contributed by atoms with Crippen molar-refractivity contribution in [3.8, 4) is 0 Å². The monoisotopic (exact) mass is 431 g/mol. The second-order valence-electron chi connectivity index (χ2n) is 5.69. The first-order valence-corrected chi connectivity index (χ1v) is 8.55. The van der Waals surface area contributed by atoms with Crippen LogP contribution in [0.15, 0.2) is 23.3 Å². The Labute approximate surface area is 157 Å². The van der Waals surface area contributed by atoms with E-state index < -0.39 is 0 Å². The van der Waals surface area contributed by atoms with Crippen molar-refractivity contribution >= 4 is 35.8 Å². The van der Waals surface area contributed by atoms with Crippen molar-refractivity contribution in [2.24, 2.45) is 4.99 Å². The third-order valence-electron chi connectivity index (χ3n) is 3.83. The first-order valence-electron chi connectivity index (χ1n) is 8.55. The molecule has 0 saturated carbocycles. The Hall–Kier alpha value is -1.05.